The van der Waals surface area contributed by atoms with E-state index >= 15 is 0 Å². The molecule has 3 atom stereocenters. The van der Waals surface area contributed by atoms with Crippen LogP contribution in [0.5, 0.6) is 0 Å². The largest absolute Gasteiger partial charge is 0.368 e. The van der Waals surface area contributed by atoms with Gasteiger partial charge in [-0.1, -0.05) is 20.8 Å². The van der Waals surface area contributed by atoms with Gasteiger partial charge in [-0.15, -0.1) is 0 Å². The molecule has 0 spiro atoms. The minimum atomic E-state index is -0.640. The summed E-state index contributed by atoms with van der Waals surface area (Å²) in [7, 11) is 0. The summed E-state index contributed by atoms with van der Waals surface area (Å²) in [5.74, 6) is 0.233. The van der Waals surface area contributed by atoms with Crippen LogP contribution in [0.2, 0.25) is 0 Å². The average molecular weight is 224 g/mol. The summed E-state index contributed by atoms with van der Waals surface area (Å²) in [4.78, 5) is 7.12. The number of ether oxygens (including phenoxy) is 1. The molecule has 90 valence electrons. The van der Waals surface area contributed by atoms with Crippen molar-refractivity contribution in [3.63, 3.8) is 0 Å². The molecule has 1 fully saturated rings. The van der Waals surface area contributed by atoms with Crippen LogP contribution in [-0.2, 0) is 4.74 Å². The summed E-state index contributed by atoms with van der Waals surface area (Å²) in [6.45, 7) is 6.45. The molecule has 1 aromatic heterocycles. The molecule has 0 saturated carbocycles. The van der Waals surface area contributed by atoms with Crippen LogP contribution in [0.4, 0.5) is 0 Å². The van der Waals surface area contributed by atoms with E-state index in [2.05, 4.69) is 30.7 Å². The van der Waals surface area contributed by atoms with Crippen LogP contribution in [-0.4, -0.2) is 27.5 Å². The van der Waals surface area contributed by atoms with E-state index in [0.717, 1.165) is 12.1 Å². The van der Waals surface area contributed by atoms with E-state index in [1.54, 1.807) is 6.33 Å². The Morgan fingerprint density at radius 1 is 1.56 bits per heavy atom. The maximum Gasteiger partial charge on any atom is 0.155 e. The van der Waals surface area contributed by atoms with Crippen molar-refractivity contribution in [2.45, 2.75) is 51.9 Å². The fourth-order valence-corrected chi connectivity index (χ4v) is 2.41. The molecule has 2 N–H and O–H groups in total. The molecule has 0 amide bonds. The molecule has 2 unspecified atom stereocenters. The van der Waals surface area contributed by atoms with Crippen LogP contribution >= 0.6 is 0 Å². The minimum absolute atomic E-state index is 0.0548. The predicted octanol–water partition coefficient (Wildman–Crippen LogP) is 2.04. The van der Waals surface area contributed by atoms with Gasteiger partial charge in [0, 0.05) is 24.2 Å². The van der Waals surface area contributed by atoms with E-state index in [0.29, 0.717) is 6.42 Å². The van der Waals surface area contributed by atoms with Crippen LogP contribution in [0, 0.1) is 5.41 Å². The lowest BCUT2D eigenvalue weighted by Gasteiger charge is -2.40. The Bertz CT molecular complexity index is 335. The summed E-state index contributed by atoms with van der Waals surface area (Å²) >= 11 is 0. The SMILES string of the molecule is CC(c1cnc[nH]1)C1CC(C)(C)C[C@H](O)O1. The number of nitrogens with one attached hydrogen (secondary N) is 1. The fourth-order valence-electron chi connectivity index (χ4n) is 2.41. The number of aliphatic hydroxyl groups excluding tert-OH is 1. The molecule has 1 aromatic rings. The van der Waals surface area contributed by atoms with Crippen molar-refractivity contribution in [3.05, 3.63) is 18.2 Å². The van der Waals surface area contributed by atoms with Crippen molar-refractivity contribution in [2.24, 2.45) is 5.41 Å². The second-order valence-corrected chi connectivity index (χ2v) is 5.50. The maximum absolute atomic E-state index is 9.71. The van der Waals surface area contributed by atoms with Crippen LogP contribution in [0.15, 0.2) is 12.5 Å². The van der Waals surface area contributed by atoms with Gasteiger partial charge in [0.25, 0.3) is 0 Å². The van der Waals surface area contributed by atoms with Crippen molar-refractivity contribution in [1.82, 2.24) is 9.97 Å². The van der Waals surface area contributed by atoms with Gasteiger partial charge in [-0.25, -0.2) is 4.98 Å². The molecule has 2 heterocycles. The first-order valence-corrected chi connectivity index (χ1v) is 5.80. The molecule has 16 heavy (non-hydrogen) atoms. The number of rotatable bonds is 2. The Morgan fingerprint density at radius 3 is 2.88 bits per heavy atom. The van der Waals surface area contributed by atoms with Gasteiger partial charge in [0.15, 0.2) is 6.29 Å². The van der Waals surface area contributed by atoms with Crippen LogP contribution in [0.1, 0.15) is 45.2 Å². The number of hydrogen-bond acceptors (Lipinski definition) is 3. The van der Waals surface area contributed by atoms with E-state index in [4.69, 9.17) is 4.74 Å². The first-order valence-electron chi connectivity index (χ1n) is 5.80. The molecular weight excluding hydrogens is 204 g/mol. The minimum Gasteiger partial charge on any atom is -0.368 e. The van der Waals surface area contributed by atoms with Gasteiger partial charge in [-0.05, 0) is 11.8 Å². The zero-order chi connectivity index (χ0) is 11.8. The third-order valence-corrected chi connectivity index (χ3v) is 3.38. The van der Waals surface area contributed by atoms with Crippen LogP contribution in [0.3, 0.4) is 0 Å². The second-order valence-electron chi connectivity index (χ2n) is 5.50. The lowest BCUT2D eigenvalue weighted by molar-refractivity contribution is -0.197. The normalized spacial score (nSPS) is 31.2. The molecule has 0 bridgehead atoms. The van der Waals surface area contributed by atoms with E-state index in [1.807, 2.05) is 6.20 Å². The zero-order valence-corrected chi connectivity index (χ0v) is 10.1. The summed E-state index contributed by atoms with van der Waals surface area (Å²) in [6, 6.07) is 0. The molecule has 1 saturated heterocycles. The standard InChI is InChI=1S/C12H20N2O2/c1-8(9-6-13-7-14-9)10-4-12(2,3)5-11(15)16-10/h6-8,10-11,15H,4-5H2,1-3H3,(H,13,14)/t8?,10?,11-/m1/s1. The highest BCUT2D eigenvalue weighted by atomic mass is 16.6. The smallest absolute Gasteiger partial charge is 0.155 e. The molecule has 4 heteroatoms. The number of hydrogen-bond donors (Lipinski definition) is 2. The van der Waals surface area contributed by atoms with Crippen LogP contribution < -0.4 is 0 Å². The second kappa shape index (κ2) is 4.18. The monoisotopic (exact) mass is 224 g/mol. The Labute approximate surface area is 96.0 Å². The number of imidazole rings is 1. The van der Waals surface area contributed by atoms with E-state index in [1.165, 1.54) is 0 Å². The first-order chi connectivity index (χ1) is 7.48. The third kappa shape index (κ3) is 2.44. The summed E-state index contributed by atoms with van der Waals surface area (Å²) in [5.41, 5.74) is 1.20. The van der Waals surface area contributed by atoms with E-state index in [9.17, 15) is 5.11 Å². The van der Waals surface area contributed by atoms with Gasteiger partial charge in [-0.2, -0.15) is 0 Å². The number of aromatic amines is 1. The molecule has 0 aliphatic carbocycles. The number of aromatic nitrogens is 2. The number of nitrogens with zero attached hydrogens (tertiary/aromatic N) is 1. The van der Waals surface area contributed by atoms with Crippen molar-refractivity contribution in [3.8, 4) is 0 Å². The third-order valence-electron chi connectivity index (χ3n) is 3.38. The Hall–Kier alpha value is -0.870. The van der Waals surface area contributed by atoms with Gasteiger partial charge in [0.1, 0.15) is 0 Å². The van der Waals surface area contributed by atoms with Gasteiger partial charge in [0.05, 0.1) is 12.4 Å². The zero-order valence-electron chi connectivity index (χ0n) is 10.1. The molecule has 1 aliphatic heterocycles. The average Bonchev–Trinajstić information content (AvgIpc) is 2.65. The lowest BCUT2D eigenvalue weighted by Crippen LogP contribution is -2.39. The molecule has 0 aromatic carbocycles. The highest BCUT2D eigenvalue weighted by molar-refractivity contribution is 5.05. The van der Waals surface area contributed by atoms with Gasteiger partial charge in [0.2, 0.25) is 0 Å². The van der Waals surface area contributed by atoms with Gasteiger partial charge >= 0.3 is 0 Å². The van der Waals surface area contributed by atoms with E-state index < -0.39 is 6.29 Å². The van der Waals surface area contributed by atoms with Gasteiger partial charge < -0.3 is 14.8 Å². The van der Waals surface area contributed by atoms with Gasteiger partial charge in [-0.3, -0.25) is 0 Å². The summed E-state index contributed by atoms with van der Waals surface area (Å²) in [6.07, 6.45) is 4.58. The molecule has 0 radical (unpaired) electrons. The highest BCUT2D eigenvalue weighted by Crippen LogP contribution is 2.39. The van der Waals surface area contributed by atoms with Crippen molar-refractivity contribution in [1.29, 1.82) is 0 Å². The van der Waals surface area contributed by atoms with E-state index in [-0.39, 0.29) is 17.4 Å². The Morgan fingerprint density at radius 2 is 2.31 bits per heavy atom. The molecule has 4 nitrogen and oxygen atoms in total. The van der Waals surface area contributed by atoms with Crippen molar-refractivity contribution in [2.75, 3.05) is 0 Å². The highest BCUT2D eigenvalue weighted by Gasteiger charge is 2.36. The molecular formula is C12H20N2O2. The fraction of sp³-hybridized carbons (Fsp3) is 0.750. The number of H-pyrrole nitrogens is 1. The summed E-state index contributed by atoms with van der Waals surface area (Å²) < 4.78 is 5.62. The van der Waals surface area contributed by atoms with Crippen LogP contribution in [0.25, 0.3) is 0 Å². The predicted molar refractivity (Wildman–Crippen MR) is 60.9 cm³/mol. The Kier molecular flexibility index (Phi) is 3.04. The Balaban J connectivity index is 2.09. The van der Waals surface area contributed by atoms with Crippen molar-refractivity contribution < 1.29 is 9.84 Å². The lowest BCUT2D eigenvalue weighted by atomic mass is 9.78. The maximum atomic E-state index is 9.71. The topological polar surface area (TPSA) is 58.1 Å². The molecule has 1 aliphatic rings. The quantitative estimate of drug-likeness (QED) is 0.808. The molecule has 2 rings (SSSR count). The number of aliphatic hydroxyl groups is 1. The summed E-state index contributed by atoms with van der Waals surface area (Å²) in [5, 5.41) is 9.71. The first kappa shape index (κ1) is 11.6. The van der Waals surface area contributed by atoms with Crippen molar-refractivity contribution >= 4 is 0 Å².